The summed E-state index contributed by atoms with van der Waals surface area (Å²) in [6, 6.07) is 10.7. The van der Waals surface area contributed by atoms with Crippen LogP contribution in [0.2, 0.25) is 0 Å². The molecule has 3 aromatic heterocycles. The molecule has 0 saturated heterocycles. The van der Waals surface area contributed by atoms with E-state index in [1.807, 2.05) is 23.9 Å². The number of anilines is 1. The van der Waals surface area contributed by atoms with E-state index in [2.05, 4.69) is 46.7 Å². The number of fused-ring (bicyclic) bond motifs is 1. The number of thiophene rings is 1. The zero-order chi connectivity index (χ0) is 23.1. The number of allylic oxidation sites excluding steroid dienone is 1. The molecule has 8 heteroatoms. The molecule has 1 aromatic carbocycles. The molecule has 1 aliphatic carbocycles. The van der Waals surface area contributed by atoms with Crippen LogP contribution in [0.25, 0.3) is 33.0 Å². The Bertz CT molecular complexity index is 1400. The van der Waals surface area contributed by atoms with Crippen LogP contribution in [-0.2, 0) is 7.05 Å². The number of aryl methyl sites for hydroxylation is 1. The largest absolute Gasteiger partial charge is 0.396 e. The van der Waals surface area contributed by atoms with E-state index in [1.165, 1.54) is 0 Å². The van der Waals surface area contributed by atoms with E-state index in [9.17, 15) is 5.11 Å². The molecule has 0 bridgehead atoms. The van der Waals surface area contributed by atoms with Crippen molar-refractivity contribution < 1.29 is 5.11 Å². The third kappa shape index (κ3) is 3.73. The van der Waals surface area contributed by atoms with E-state index in [0.29, 0.717) is 18.3 Å². The lowest BCUT2D eigenvalue weighted by Crippen LogP contribution is -2.18. The van der Waals surface area contributed by atoms with Crippen molar-refractivity contribution in [2.45, 2.75) is 25.3 Å². The Morgan fingerprint density at radius 1 is 1.18 bits per heavy atom. The first-order valence-electron chi connectivity index (χ1n) is 11.7. The molecular weight excluding hydrogens is 444 g/mol. The molecular formula is C26H26N6OS. The molecule has 172 valence electrons. The molecule has 1 fully saturated rings. The van der Waals surface area contributed by atoms with Gasteiger partial charge in [0.05, 0.1) is 22.5 Å². The summed E-state index contributed by atoms with van der Waals surface area (Å²) in [5.41, 5.74) is 3.24. The van der Waals surface area contributed by atoms with Gasteiger partial charge in [-0.2, -0.15) is 0 Å². The number of aliphatic imine (C=N–C) groups is 1. The molecule has 1 aliphatic heterocycles. The normalized spacial score (nSPS) is 19.8. The fourth-order valence-electron chi connectivity index (χ4n) is 4.93. The summed E-state index contributed by atoms with van der Waals surface area (Å²) in [7, 11) is 1.96. The number of benzene rings is 1. The molecule has 0 amide bonds. The average molecular weight is 471 g/mol. The van der Waals surface area contributed by atoms with Gasteiger partial charge in [-0.3, -0.25) is 4.99 Å². The van der Waals surface area contributed by atoms with Crippen molar-refractivity contribution >= 4 is 33.1 Å². The minimum Gasteiger partial charge on any atom is -0.396 e. The molecule has 0 spiro atoms. The minimum atomic E-state index is 0.236. The van der Waals surface area contributed by atoms with Crippen LogP contribution in [-0.4, -0.2) is 49.5 Å². The van der Waals surface area contributed by atoms with Gasteiger partial charge in [0.25, 0.3) is 0 Å². The Morgan fingerprint density at radius 3 is 2.76 bits per heavy atom. The summed E-state index contributed by atoms with van der Waals surface area (Å²) in [5, 5.41) is 14.4. The van der Waals surface area contributed by atoms with Gasteiger partial charge >= 0.3 is 0 Å². The van der Waals surface area contributed by atoms with Crippen molar-refractivity contribution in [1.82, 2.24) is 19.5 Å². The zero-order valence-corrected chi connectivity index (χ0v) is 19.8. The average Bonchev–Trinajstić information content (AvgIpc) is 3.65. The molecule has 0 radical (unpaired) electrons. The predicted octanol–water partition coefficient (Wildman–Crippen LogP) is 4.69. The van der Waals surface area contributed by atoms with E-state index < -0.39 is 0 Å². The van der Waals surface area contributed by atoms with Crippen molar-refractivity contribution in [3.63, 3.8) is 0 Å². The number of aliphatic hydroxyl groups is 1. The second-order valence-corrected chi connectivity index (χ2v) is 9.94. The Labute approximate surface area is 201 Å². The molecule has 34 heavy (non-hydrogen) atoms. The van der Waals surface area contributed by atoms with Crippen molar-refractivity contribution in [2.24, 2.45) is 18.0 Å². The molecule has 6 rings (SSSR count). The number of aromatic nitrogens is 4. The topological polar surface area (TPSA) is 88.2 Å². The summed E-state index contributed by atoms with van der Waals surface area (Å²) in [5.74, 6) is 2.51. The number of hydrogen-bond acceptors (Lipinski definition) is 7. The van der Waals surface area contributed by atoms with Gasteiger partial charge in [-0.05, 0) is 36.8 Å². The summed E-state index contributed by atoms with van der Waals surface area (Å²) in [6.45, 7) is 0.942. The number of hydrogen-bond donors (Lipinski definition) is 2. The van der Waals surface area contributed by atoms with Crippen LogP contribution in [0.5, 0.6) is 0 Å². The lowest BCUT2D eigenvalue weighted by Gasteiger charge is -2.16. The van der Waals surface area contributed by atoms with Crippen LogP contribution >= 0.6 is 11.3 Å². The second-order valence-electron chi connectivity index (χ2n) is 8.94. The van der Waals surface area contributed by atoms with Crippen LogP contribution in [0.15, 0.2) is 59.9 Å². The highest BCUT2D eigenvalue weighted by Gasteiger charge is 2.28. The van der Waals surface area contributed by atoms with Crippen LogP contribution in [0.1, 0.15) is 24.1 Å². The third-order valence-electron chi connectivity index (χ3n) is 6.65. The molecule has 2 N–H and O–H groups in total. The fraction of sp³-hybridized carbons (Fsp3) is 0.308. The molecule has 1 saturated carbocycles. The van der Waals surface area contributed by atoms with Crippen LogP contribution in [0.4, 0.5) is 5.82 Å². The Kier molecular flexibility index (Phi) is 5.47. The first kappa shape index (κ1) is 21.2. The van der Waals surface area contributed by atoms with Gasteiger partial charge in [0, 0.05) is 37.7 Å². The van der Waals surface area contributed by atoms with E-state index in [-0.39, 0.29) is 12.6 Å². The van der Waals surface area contributed by atoms with Gasteiger partial charge in [-0.1, -0.05) is 36.4 Å². The Hall–Kier alpha value is -3.36. The van der Waals surface area contributed by atoms with Crippen molar-refractivity contribution in [3.8, 4) is 22.8 Å². The van der Waals surface area contributed by atoms with Gasteiger partial charge in [0.15, 0.2) is 11.6 Å². The lowest BCUT2D eigenvalue weighted by atomic mass is 10.0. The van der Waals surface area contributed by atoms with Gasteiger partial charge in [-0.15, -0.1) is 11.3 Å². The Balaban J connectivity index is 1.58. The molecule has 7 nitrogen and oxygen atoms in total. The number of rotatable bonds is 6. The van der Waals surface area contributed by atoms with Crippen LogP contribution in [0, 0.1) is 5.92 Å². The predicted molar refractivity (Wildman–Crippen MR) is 137 cm³/mol. The van der Waals surface area contributed by atoms with E-state index >= 15 is 0 Å². The van der Waals surface area contributed by atoms with Crippen LogP contribution in [0.3, 0.4) is 0 Å². The van der Waals surface area contributed by atoms with Crippen LogP contribution < -0.4 is 5.32 Å². The minimum absolute atomic E-state index is 0.236. The maximum Gasteiger partial charge on any atom is 0.199 e. The molecule has 2 aliphatic rings. The van der Waals surface area contributed by atoms with Crippen molar-refractivity contribution in [1.29, 1.82) is 0 Å². The highest BCUT2D eigenvalue weighted by molar-refractivity contribution is 7.21. The smallest absolute Gasteiger partial charge is 0.199 e. The number of aliphatic hydroxyl groups excluding tert-OH is 1. The Morgan fingerprint density at radius 2 is 2.06 bits per heavy atom. The monoisotopic (exact) mass is 470 g/mol. The highest BCUT2D eigenvalue weighted by atomic mass is 32.1. The summed E-state index contributed by atoms with van der Waals surface area (Å²) in [4.78, 5) is 21.3. The first-order valence-corrected chi connectivity index (χ1v) is 12.5. The van der Waals surface area contributed by atoms with Gasteiger partial charge in [0.2, 0.25) is 0 Å². The molecule has 4 heterocycles. The number of nitrogens with zero attached hydrogens (tertiary/aromatic N) is 5. The molecule has 0 unspecified atom stereocenters. The van der Waals surface area contributed by atoms with Crippen molar-refractivity contribution in [3.05, 3.63) is 59.8 Å². The standard InChI is InChI=1S/C26H26N6OS/c1-32-13-12-28-25(32)24-30-23(29-18-10-9-16(14-18)15-33)21-20(17-6-3-2-4-7-17)22(34-26(21)31-24)19-8-5-11-27-19/h2-8,12-13,16,18,33H,9-11,14-15H2,1H3,(H,29,30,31)/t16-,18+/m0/s1. The molecule has 2 atom stereocenters. The van der Waals surface area contributed by atoms with E-state index in [0.717, 1.165) is 62.8 Å². The van der Waals surface area contributed by atoms with Gasteiger partial charge < -0.3 is 15.0 Å². The zero-order valence-electron chi connectivity index (χ0n) is 19.0. The third-order valence-corrected chi connectivity index (χ3v) is 7.76. The molecule has 4 aromatic rings. The van der Waals surface area contributed by atoms with E-state index in [4.69, 9.17) is 15.0 Å². The summed E-state index contributed by atoms with van der Waals surface area (Å²) < 4.78 is 1.94. The fourth-order valence-corrected chi connectivity index (χ4v) is 6.11. The lowest BCUT2D eigenvalue weighted by molar-refractivity contribution is 0.229. The highest BCUT2D eigenvalue weighted by Crippen LogP contribution is 2.43. The van der Waals surface area contributed by atoms with Gasteiger partial charge in [-0.25, -0.2) is 15.0 Å². The maximum atomic E-state index is 9.66. The number of imidazole rings is 1. The SMILES string of the molecule is Cn1ccnc1-c1nc(N[C@@H]2CC[C@H](CO)C2)c2c(-c3ccccc3)c(C3=NCC=C3)sc2n1. The first-order chi connectivity index (χ1) is 16.7. The second kappa shape index (κ2) is 8.77. The maximum absolute atomic E-state index is 9.66. The van der Waals surface area contributed by atoms with Gasteiger partial charge in [0.1, 0.15) is 10.6 Å². The number of nitrogens with one attached hydrogen (secondary N) is 1. The van der Waals surface area contributed by atoms with Crippen molar-refractivity contribution in [2.75, 3.05) is 18.5 Å². The quantitative estimate of drug-likeness (QED) is 0.427. The van der Waals surface area contributed by atoms with E-state index in [1.54, 1.807) is 17.5 Å². The summed E-state index contributed by atoms with van der Waals surface area (Å²) in [6.07, 6.45) is 10.8. The summed E-state index contributed by atoms with van der Waals surface area (Å²) >= 11 is 1.66.